The Morgan fingerprint density at radius 1 is 1.04 bits per heavy atom. The molecule has 2 amide bonds. The first-order valence-electron chi connectivity index (χ1n) is 9.25. The Morgan fingerprint density at radius 2 is 1.71 bits per heavy atom. The van der Waals surface area contributed by atoms with Gasteiger partial charge in [-0.1, -0.05) is 47.5 Å². The van der Waals surface area contributed by atoms with Gasteiger partial charge in [-0.2, -0.15) is 0 Å². The first kappa shape index (κ1) is 20.6. The number of nitrogens with one attached hydrogen (secondary N) is 1. The van der Waals surface area contributed by atoms with E-state index in [1.54, 1.807) is 12.1 Å². The Bertz CT molecular complexity index is 837. The minimum Gasteiger partial charge on any atom is -0.348 e. The van der Waals surface area contributed by atoms with Crippen LogP contribution in [-0.4, -0.2) is 54.3 Å². The van der Waals surface area contributed by atoms with Gasteiger partial charge in [0.25, 0.3) is 5.91 Å². The van der Waals surface area contributed by atoms with Crippen molar-refractivity contribution in [1.82, 2.24) is 15.1 Å². The zero-order chi connectivity index (χ0) is 20.1. The molecule has 5 nitrogen and oxygen atoms in total. The molecule has 2 aromatic carbocycles. The van der Waals surface area contributed by atoms with Crippen molar-refractivity contribution in [2.45, 2.75) is 13.0 Å². The average molecular weight is 420 g/mol. The standard InChI is InChI=1S/C21H23Cl2N3O2/c1-15(18-8-7-17(22)13-19(18)23)24-20(27)14-25-9-11-26(12-10-25)21(28)16-5-3-2-4-6-16/h2-8,13,15H,9-12,14H2,1H3,(H,24,27)/t15-/m1/s1. The van der Waals surface area contributed by atoms with Gasteiger partial charge in [-0.15, -0.1) is 0 Å². The maximum atomic E-state index is 12.5. The molecule has 0 spiro atoms. The first-order valence-corrected chi connectivity index (χ1v) is 10.0. The smallest absolute Gasteiger partial charge is 0.253 e. The van der Waals surface area contributed by atoms with E-state index in [0.29, 0.717) is 48.3 Å². The summed E-state index contributed by atoms with van der Waals surface area (Å²) >= 11 is 12.1. The second kappa shape index (κ2) is 9.41. The van der Waals surface area contributed by atoms with Crippen molar-refractivity contribution < 1.29 is 9.59 Å². The molecule has 1 aliphatic heterocycles. The van der Waals surface area contributed by atoms with Gasteiger partial charge in [-0.3, -0.25) is 14.5 Å². The van der Waals surface area contributed by atoms with E-state index in [1.807, 2.05) is 48.2 Å². The molecule has 148 valence electrons. The fourth-order valence-corrected chi connectivity index (χ4v) is 3.87. The highest BCUT2D eigenvalue weighted by atomic mass is 35.5. The number of nitrogens with zero attached hydrogens (tertiary/aromatic N) is 2. The number of hydrogen-bond acceptors (Lipinski definition) is 3. The largest absolute Gasteiger partial charge is 0.348 e. The predicted octanol–water partition coefficient (Wildman–Crippen LogP) is 3.63. The lowest BCUT2D eigenvalue weighted by Crippen LogP contribution is -2.51. The van der Waals surface area contributed by atoms with Gasteiger partial charge in [0.05, 0.1) is 12.6 Å². The quantitative estimate of drug-likeness (QED) is 0.804. The maximum absolute atomic E-state index is 12.5. The summed E-state index contributed by atoms with van der Waals surface area (Å²) in [5.41, 5.74) is 1.53. The molecular formula is C21H23Cl2N3O2. The van der Waals surface area contributed by atoms with E-state index in [2.05, 4.69) is 10.2 Å². The normalized spacial score (nSPS) is 15.9. The molecule has 1 saturated heterocycles. The maximum Gasteiger partial charge on any atom is 0.253 e. The fourth-order valence-electron chi connectivity index (χ4n) is 3.29. The van der Waals surface area contributed by atoms with Crippen LogP contribution in [0, 0.1) is 0 Å². The van der Waals surface area contributed by atoms with Crippen LogP contribution in [0.15, 0.2) is 48.5 Å². The van der Waals surface area contributed by atoms with Crippen molar-refractivity contribution in [3.8, 4) is 0 Å². The van der Waals surface area contributed by atoms with Crippen molar-refractivity contribution in [1.29, 1.82) is 0 Å². The summed E-state index contributed by atoms with van der Waals surface area (Å²) in [4.78, 5) is 28.8. The monoisotopic (exact) mass is 419 g/mol. The van der Waals surface area contributed by atoms with Crippen LogP contribution >= 0.6 is 23.2 Å². The van der Waals surface area contributed by atoms with E-state index in [0.717, 1.165) is 5.56 Å². The van der Waals surface area contributed by atoms with Gasteiger partial charge in [0.15, 0.2) is 0 Å². The summed E-state index contributed by atoms with van der Waals surface area (Å²) in [5, 5.41) is 4.08. The molecule has 3 rings (SSSR count). The number of carbonyl (C=O) groups is 2. The van der Waals surface area contributed by atoms with Crippen LogP contribution in [-0.2, 0) is 4.79 Å². The van der Waals surface area contributed by atoms with Crippen LogP contribution in [0.2, 0.25) is 10.0 Å². The summed E-state index contributed by atoms with van der Waals surface area (Å²) in [6.45, 7) is 4.75. The number of piperazine rings is 1. The molecule has 7 heteroatoms. The minimum absolute atomic E-state index is 0.0377. The van der Waals surface area contributed by atoms with Crippen LogP contribution in [0.3, 0.4) is 0 Å². The molecule has 1 atom stereocenters. The third-order valence-corrected chi connectivity index (χ3v) is 5.42. The van der Waals surface area contributed by atoms with Crippen LogP contribution in [0.4, 0.5) is 0 Å². The van der Waals surface area contributed by atoms with Crippen molar-refractivity contribution >= 4 is 35.0 Å². The molecule has 28 heavy (non-hydrogen) atoms. The number of benzene rings is 2. The van der Waals surface area contributed by atoms with Crippen LogP contribution < -0.4 is 5.32 Å². The second-order valence-electron chi connectivity index (χ2n) is 6.89. The van der Waals surface area contributed by atoms with Gasteiger partial charge in [0.1, 0.15) is 0 Å². The van der Waals surface area contributed by atoms with Gasteiger partial charge < -0.3 is 10.2 Å². The average Bonchev–Trinajstić information content (AvgIpc) is 2.68. The third-order valence-electron chi connectivity index (χ3n) is 4.85. The van der Waals surface area contributed by atoms with Gasteiger partial charge in [-0.05, 0) is 36.8 Å². The summed E-state index contributed by atoms with van der Waals surface area (Å²) in [7, 11) is 0. The molecular weight excluding hydrogens is 397 g/mol. The first-order chi connectivity index (χ1) is 13.4. The van der Waals surface area contributed by atoms with E-state index >= 15 is 0 Å². The second-order valence-corrected chi connectivity index (χ2v) is 7.73. The van der Waals surface area contributed by atoms with Gasteiger partial charge >= 0.3 is 0 Å². The van der Waals surface area contributed by atoms with Gasteiger partial charge in [-0.25, -0.2) is 0 Å². The van der Waals surface area contributed by atoms with Crippen molar-refractivity contribution in [2.24, 2.45) is 0 Å². The zero-order valence-electron chi connectivity index (χ0n) is 15.7. The summed E-state index contributed by atoms with van der Waals surface area (Å²) in [5.74, 6) is -0.0305. The van der Waals surface area contributed by atoms with Gasteiger partial charge in [0, 0.05) is 41.8 Å². The topological polar surface area (TPSA) is 52.7 Å². The molecule has 1 N–H and O–H groups in total. The lowest BCUT2D eigenvalue weighted by molar-refractivity contribution is -0.123. The molecule has 1 aliphatic rings. The summed E-state index contributed by atoms with van der Waals surface area (Å²) in [6, 6.07) is 14.3. The molecule has 1 fully saturated rings. The van der Waals surface area contributed by atoms with Crippen molar-refractivity contribution in [2.75, 3.05) is 32.7 Å². The Morgan fingerprint density at radius 3 is 2.36 bits per heavy atom. The van der Waals surface area contributed by atoms with Gasteiger partial charge in [0.2, 0.25) is 5.91 Å². The van der Waals surface area contributed by atoms with E-state index < -0.39 is 0 Å². The van der Waals surface area contributed by atoms with Crippen molar-refractivity contribution in [3.63, 3.8) is 0 Å². The number of carbonyl (C=O) groups excluding carboxylic acids is 2. The summed E-state index contributed by atoms with van der Waals surface area (Å²) < 4.78 is 0. The van der Waals surface area contributed by atoms with Crippen LogP contribution in [0.25, 0.3) is 0 Å². The number of halogens is 2. The molecule has 0 radical (unpaired) electrons. The molecule has 0 saturated carbocycles. The van der Waals surface area contributed by atoms with E-state index in [9.17, 15) is 9.59 Å². The Kier molecular flexibility index (Phi) is 6.94. The molecule has 0 aromatic heterocycles. The fraction of sp³-hybridized carbons (Fsp3) is 0.333. The number of rotatable bonds is 5. The molecule has 1 heterocycles. The van der Waals surface area contributed by atoms with Crippen molar-refractivity contribution in [3.05, 3.63) is 69.7 Å². The zero-order valence-corrected chi connectivity index (χ0v) is 17.2. The SMILES string of the molecule is C[C@@H](NC(=O)CN1CCN(C(=O)c2ccccc2)CC1)c1ccc(Cl)cc1Cl. The highest BCUT2D eigenvalue weighted by molar-refractivity contribution is 6.35. The number of hydrogen-bond donors (Lipinski definition) is 1. The Labute approximate surface area is 175 Å². The van der Waals surface area contributed by atoms with Crippen LogP contribution in [0.5, 0.6) is 0 Å². The number of amides is 2. The highest BCUT2D eigenvalue weighted by Gasteiger charge is 2.23. The van der Waals surface area contributed by atoms with E-state index in [-0.39, 0.29) is 17.9 Å². The minimum atomic E-state index is -0.210. The molecule has 0 unspecified atom stereocenters. The molecule has 0 bridgehead atoms. The third kappa shape index (κ3) is 5.25. The van der Waals surface area contributed by atoms with E-state index in [1.165, 1.54) is 0 Å². The summed E-state index contributed by atoms with van der Waals surface area (Å²) in [6.07, 6.45) is 0. The highest BCUT2D eigenvalue weighted by Crippen LogP contribution is 2.26. The lowest BCUT2D eigenvalue weighted by Gasteiger charge is -2.34. The Hall–Kier alpha value is -2.08. The predicted molar refractivity (Wildman–Crippen MR) is 112 cm³/mol. The van der Waals surface area contributed by atoms with Crippen LogP contribution in [0.1, 0.15) is 28.9 Å². The molecule has 2 aromatic rings. The lowest BCUT2D eigenvalue weighted by atomic mass is 10.1. The van der Waals surface area contributed by atoms with E-state index in [4.69, 9.17) is 23.2 Å². The Balaban J connectivity index is 1.48. The molecule has 0 aliphatic carbocycles.